The van der Waals surface area contributed by atoms with Crippen molar-refractivity contribution in [2.45, 2.75) is 103 Å². The van der Waals surface area contributed by atoms with Gasteiger partial charge in [0.1, 0.15) is 88.3 Å². The summed E-state index contributed by atoms with van der Waals surface area (Å²) in [5, 5.41) is 51.1. The van der Waals surface area contributed by atoms with Crippen LogP contribution in [0.15, 0.2) is 64.0 Å². The molecule has 9 N–H and O–H groups in total. The third-order valence-electron chi connectivity index (χ3n) is 14.4. The number of methoxy groups -OCH3 is 1. The van der Waals surface area contributed by atoms with E-state index in [1.165, 1.54) is 75.7 Å². The van der Waals surface area contributed by atoms with Crippen molar-refractivity contribution in [1.29, 1.82) is 0 Å². The van der Waals surface area contributed by atoms with Crippen LogP contribution in [0.2, 0.25) is 0 Å². The van der Waals surface area contributed by atoms with Gasteiger partial charge in [0.25, 0.3) is 11.8 Å². The number of nitrogens with two attached hydrogens (primary N) is 1. The van der Waals surface area contributed by atoms with E-state index in [0.29, 0.717) is 99.3 Å². The quantitative estimate of drug-likeness (QED) is 0.0160. The molecule has 6 atom stereocenters. The van der Waals surface area contributed by atoms with Gasteiger partial charge in [-0.2, -0.15) is 0 Å². The summed E-state index contributed by atoms with van der Waals surface area (Å²) in [6.45, 7) is 5.04. The number of amides is 5. The molecule has 0 saturated heterocycles. The van der Waals surface area contributed by atoms with Crippen molar-refractivity contribution in [2.75, 3.05) is 32.1 Å². The van der Waals surface area contributed by atoms with Gasteiger partial charge in [-0.15, -0.1) is 68.0 Å². The van der Waals surface area contributed by atoms with E-state index >= 15 is 0 Å². The molecule has 8 aromatic rings. The summed E-state index contributed by atoms with van der Waals surface area (Å²) in [6.07, 6.45) is -0.630. The number of rotatable bonds is 29. The van der Waals surface area contributed by atoms with Crippen molar-refractivity contribution < 1.29 is 63.1 Å². The van der Waals surface area contributed by atoms with Crippen LogP contribution < -0.4 is 31.9 Å². The molecule has 7 heterocycles. The fourth-order valence-corrected chi connectivity index (χ4v) is 15.1. The number of hydrogen-bond donors (Lipinski definition) is 8. The Hall–Kier alpha value is -8.21. The molecule has 0 radical (unpaired) electrons. The normalized spacial score (nSPS) is 15.1. The average molecular weight is 1350 g/mol. The molecule has 478 valence electrons. The number of ether oxygens (including phenoxy) is 2. The Bertz CT molecular complexity index is 3940. The van der Waals surface area contributed by atoms with Crippen LogP contribution in [-0.2, 0) is 35.3 Å². The lowest BCUT2D eigenvalue weighted by Gasteiger charge is -2.23. The van der Waals surface area contributed by atoms with Gasteiger partial charge in [0.2, 0.25) is 11.8 Å². The highest BCUT2D eigenvalue weighted by atomic mass is 32.1. The molecule has 0 spiro atoms. The van der Waals surface area contributed by atoms with Crippen LogP contribution in [0.25, 0.3) is 43.4 Å². The lowest BCUT2D eigenvalue weighted by molar-refractivity contribution is -0.142. The second-order valence-electron chi connectivity index (χ2n) is 21.2. The number of aromatic nitrogens is 7. The van der Waals surface area contributed by atoms with Gasteiger partial charge in [-0.3, -0.25) is 38.5 Å². The van der Waals surface area contributed by atoms with E-state index in [2.05, 4.69) is 36.2 Å². The van der Waals surface area contributed by atoms with Crippen LogP contribution in [-0.4, -0.2) is 132 Å². The van der Waals surface area contributed by atoms with E-state index in [0.717, 1.165) is 11.3 Å². The van der Waals surface area contributed by atoms with Crippen LogP contribution >= 0.6 is 68.0 Å². The monoisotopic (exact) mass is 1350 g/mol. The van der Waals surface area contributed by atoms with Crippen molar-refractivity contribution in [3.05, 3.63) is 111 Å². The number of carbonyl (C=O) groups is 8. The molecular formula is C59H63N13O13S6. The van der Waals surface area contributed by atoms with Gasteiger partial charge in [-0.1, -0.05) is 44.2 Å². The molecule has 1 unspecified atom stereocenters. The fourth-order valence-electron chi connectivity index (χ4n) is 9.66. The number of carboxylic acids is 2. The van der Waals surface area contributed by atoms with Crippen molar-refractivity contribution in [3.8, 4) is 43.4 Å². The molecule has 9 rings (SSSR count). The van der Waals surface area contributed by atoms with Crippen molar-refractivity contribution in [1.82, 2.24) is 56.2 Å². The number of nitrogens with zero attached hydrogens (tertiary/aromatic N) is 8. The number of thiazole rings is 6. The average Bonchev–Trinajstić information content (AvgIpc) is 1.75. The summed E-state index contributed by atoms with van der Waals surface area (Å²) in [5.74, 6) is -4.67. The topological polar surface area (TPSA) is 383 Å². The van der Waals surface area contributed by atoms with E-state index in [1.807, 2.05) is 13.8 Å². The number of unbranched alkanes of at least 4 members (excludes halogenated alkanes) is 1. The third-order valence-corrected chi connectivity index (χ3v) is 20.1. The molecule has 1 aromatic carbocycles. The molecular weight excluding hydrogens is 1290 g/mol. The first-order valence-corrected chi connectivity index (χ1v) is 33.6. The van der Waals surface area contributed by atoms with E-state index in [-0.39, 0.29) is 73.6 Å². The number of benzene rings is 1. The molecule has 32 heteroatoms. The Morgan fingerprint density at radius 2 is 1.49 bits per heavy atom. The maximum absolute atomic E-state index is 14.0. The van der Waals surface area contributed by atoms with Crippen LogP contribution in [0.1, 0.15) is 145 Å². The number of anilines is 1. The lowest BCUT2D eigenvalue weighted by atomic mass is 10.0. The predicted octanol–water partition coefficient (Wildman–Crippen LogP) is 8.79. The Kier molecular flexibility index (Phi) is 22.7. The van der Waals surface area contributed by atoms with Crippen LogP contribution in [0.5, 0.6) is 0 Å². The summed E-state index contributed by atoms with van der Waals surface area (Å²) in [7, 11) is 2.97. The number of aliphatic carboxylic acids is 2. The zero-order valence-corrected chi connectivity index (χ0v) is 54.5. The number of aliphatic hydroxyl groups excluding tert-OH is 1. The summed E-state index contributed by atoms with van der Waals surface area (Å²) in [4.78, 5) is 138. The standard InChI is InChI=1S/C59H63N13O13S6/c1-28(2)44(69-51(80)45-29(3)90-53(70-45)35(60)20-41(74)61-4)57-71-47(39(91-57)23-84-5)50(79)62-21-42(75)68-48(49(78)30-11-7-6-8-12-30)56-66-38(26-88-56)55-65-37(25-87-55)46-34(52-63-32(22-73)24-86-52)16-17-36(64-46)54-67-40(27-89-54)72(18-10-9-13-43(76)77)59(83)85-33-15-14-31(19-33)58(81)82/h6-8,11-12,16-17,22,24-28,31,33,35,44,48-49,78H,9-10,13-15,18-21,23,60H2,1-5H3,(H,61,74)(H,62,79)(H,68,75)(H,69,80)(H,76,77)(H,81,82)/t31-,33-,35-,44?,48-,49-/m0/s1. The molecule has 1 aliphatic carbocycles. The van der Waals surface area contributed by atoms with Gasteiger partial charge in [-0.05, 0) is 62.6 Å². The number of aryl methyl sites for hydroxylation is 1. The minimum atomic E-state index is -1.31. The van der Waals surface area contributed by atoms with Gasteiger partial charge in [0.05, 0.1) is 41.7 Å². The summed E-state index contributed by atoms with van der Waals surface area (Å²) >= 11 is 7.23. The Balaban J connectivity index is 0.932. The molecule has 26 nitrogen and oxygen atoms in total. The fraction of sp³-hybridized carbons (Fsp3) is 0.373. The highest BCUT2D eigenvalue weighted by Gasteiger charge is 2.35. The zero-order valence-electron chi connectivity index (χ0n) is 49.6. The summed E-state index contributed by atoms with van der Waals surface area (Å²) in [6, 6.07) is 9.66. The van der Waals surface area contributed by atoms with Gasteiger partial charge in [-0.25, -0.2) is 39.7 Å². The molecule has 7 aromatic heterocycles. The summed E-state index contributed by atoms with van der Waals surface area (Å²) < 4.78 is 11.2. The molecule has 1 fully saturated rings. The SMILES string of the molecule is CNC(=O)C[C@H](N)c1nc(C(=O)NC(c2nc(C(=O)NCC(=O)N[C@H](c3nc(-c4nc(-c5nc(-c6nc(N(CCCCC(=O)O)C(=O)O[C@H]7CC[C@H](C(=O)O)C7)cs6)ccc5-c5nc(C=O)cs5)cs4)cs3)[C@@H](O)c3ccccc3)c(COC)s2)C(C)C)c(C)s1. The van der Waals surface area contributed by atoms with E-state index in [9.17, 15) is 53.7 Å². The highest BCUT2D eigenvalue weighted by molar-refractivity contribution is 7.15. The summed E-state index contributed by atoms with van der Waals surface area (Å²) in [5.41, 5.74) is 9.19. The number of aldehydes is 1. The third kappa shape index (κ3) is 16.7. The number of pyridine rings is 1. The van der Waals surface area contributed by atoms with Crippen molar-refractivity contribution in [3.63, 3.8) is 0 Å². The van der Waals surface area contributed by atoms with Crippen molar-refractivity contribution >= 4 is 122 Å². The Morgan fingerprint density at radius 3 is 2.20 bits per heavy atom. The van der Waals surface area contributed by atoms with E-state index in [1.54, 1.807) is 70.9 Å². The van der Waals surface area contributed by atoms with E-state index < -0.39 is 78.5 Å². The Labute approximate surface area is 544 Å². The van der Waals surface area contributed by atoms with E-state index in [4.69, 9.17) is 35.1 Å². The molecule has 1 aliphatic rings. The first kappa shape index (κ1) is 67.2. The van der Waals surface area contributed by atoms with Crippen LogP contribution in [0, 0.1) is 18.8 Å². The largest absolute Gasteiger partial charge is 0.481 e. The lowest BCUT2D eigenvalue weighted by Crippen LogP contribution is -2.40. The second-order valence-corrected chi connectivity index (χ2v) is 27.1. The van der Waals surface area contributed by atoms with Gasteiger partial charge in [0, 0.05) is 65.5 Å². The molecule has 5 amide bonds. The zero-order chi connectivity index (χ0) is 65.0. The minimum absolute atomic E-state index is 0.00423. The maximum atomic E-state index is 14.0. The number of carboxylic acid groups (broad SMARTS) is 2. The molecule has 0 bridgehead atoms. The number of carbonyl (C=O) groups excluding carboxylic acids is 6. The van der Waals surface area contributed by atoms with Gasteiger partial charge >= 0.3 is 18.0 Å². The van der Waals surface area contributed by atoms with Crippen LogP contribution in [0.3, 0.4) is 0 Å². The first-order valence-electron chi connectivity index (χ1n) is 28.5. The maximum Gasteiger partial charge on any atom is 0.415 e. The van der Waals surface area contributed by atoms with Gasteiger partial charge < -0.3 is 51.8 Å². The first-order chi connectivity index (χ1) is 43.7. The number of hydrogen-bond acceptors (Lipinski definition) is 25. The molecule has 0 aliphatic heterocycles. The second kappa shape index (κ2) is 30.7. The van der Waals surface area contributed by atoms with Gasteiger partial charge in [0.15, 0.2) is 6.29 Å². The smallest absolute Gasteiger partial charge is 0.415 e. The van der Waals surface area contributed by atoms with Crippen LogP contribution in [0.4, 0.5) is 10.6 Å². The predicted molar refractivity (Wildman–Crippen MR) is 343 cm³/mol. The van der Waals surface area contributed by atoms with Crippen molar-refractivity contribution in [2.24, 2.45) is 17.6 Å². The highest BCUT2D eigenvalue weighted by Crippen LogP contribution is 2.40. The number of aliphatic hydroxyl groups is 1. The molecule has 91 heavy (non-hydrogen) atoms. The Morgan fingerprint density at radius 1 is 0.758 bits per heavy atom. The number of nitrogens with one attached hydrogen (secondary N) is 4. The minimum Gasteiger partial charge on any atom is -0.481 e. The molecule has 1 saturated carbocycles.